The van der Waals surface area contributed by atoms with E-state index in [1.807, 2.05) is 6.07 Å². The van der Waals surface area contributed by atoms with Crippen molar-refractivity contribution in [3.63, 3.8) is 0 Å². The molecule has 0 spiro atoms. The number of likely N-dealkylation sites (N-methyl/N-ethyl adjacent to an activating group) is 1. The van der Waals surface area contributed by atoms with Crippen molar-refractivity contribution >= 4 is 15.9 Å². The van der Waals surface area contributed by atoms with Gasteiger partial charge in [-0.1, -0.05) is 20.3 Å². The van der Waals surface area contributed by atoms with Crippen molar-refractivity contribution in [1.82, 2.24) is 5.32 Å². The van der Waals surface area contributed by atoms with Crippen LogP contribution in [0.5, 0.6) is 5.75 Å². The van der Waals surface area contributed by atoms with Crippen LogP contribution in [0.3, 0.4) is 0 Å². The van der Waals surface area contributed by atoms with E-state index in [1.165, 1.54) is 6.07 Å². The van der Waals surface area contributed by atoms with E-state index in [2.05, 4.69) is 35.1 Å². The molecule has 1 aromatic rings. The Morgan fingerprint density at radius 3 is 2.82 bits per heavy atom. The molecule has 2 nitrogen and oxygen atoms in total. The topological polar surface area (TPSA) is 21.3 Å². The first-order valence-electron chi connectivity index (χ1n) is 6.06. The van der Waals surface area contributed by atoms with Crippen molar-refractivity contribution in [2.45, 2.75) is 38.8 Å². The van der Waals surface area contributed by atoms with Gasteiger partial charge in [-0.05, 0) is 35.0 Å². The Morgan fingerprint density at radius 2 is 2.18 bits per heavy atom. The number of nitrogens with one attached hydrogen (secondary N) is 1. The van der Waals surface area contributed by atoms with Gasteiger partial charge in [0.05, 0.1) is 10.5 Å². The third-order valence-corrected chi connectivity index (χ3v) is 3.64. The van der Waals surface area contributed by atoms with E-state index in [1.54, 1.807) is 0 Å². The number of benzene rings is 1. The second-order valence-corrected chi connectivity index (χ2v) is 5.14. The molecule has 0 aliphatic carbocycles. The molecule has 1 aliphatic rings. The van der Waals surface area contributed by atoms with Crippen molar-refractivity contribution in [3.8, 4) is 5.75 Å². The molecular weight excluding hydrogens is 285 g/mol. The highest BCUT2D eigenvalue weighted by Crippen LogP contribution is 2.40. The molecule has 1 N–H and O–H groups in total. The minimum Gasteiger partial charge on any atom is -0.488 e. The van der Waals surface area contributed by atoms with Crippen LogP contribution < -0.4 is 10.1 Å². The number of halogens is 2. The molecule has 1 heterocycles. The smallest absolute Gasteiger partial charge is 0.141 e. The normalized spacial score (nSPS) is 22.4. The molecule has 0 saturated carbocycles. The number of hydrogen-bond acceptors (Lipinski definition) is 2. The lowest BCUT2D eigenvalue weighted by Gasteiger charge is -2.19. The summed E-state index contributed by atoms with van der Waals surface area (Å²) in [5, 5.41) is 3.41. The maximum absolute atomic E-state index is 13.5. The number of hydrogen-bond donors (Lipinski definition) is 1. The van der Waals surface area contributed by atoms with E-state index in [9.17, 15) is 4.39 Å². The van der Waals surface area contributed by atoms with Crippen LogP contribution in [0.15, 0.2) is 16.6 Å². The third kappa shape index (κ3) is 2.47. The van der Waals surface area contributed by atoms with Crippen LogP contribution in [0.1, 0.15) is 38.3 Å². The van der Waals surface area contributed by atoms with Gasteiger partial charge in [-0.2, -0.15) is 0 Å². The fraction of sp³-hybridized carbons (Fsp3) is 0.538. The molecule has 0 radical (unpaired) electrons. The van der Waals surface area contributed by atoms with Gasteiger partial charge in [-0.15, -0.1) is 0 Å². The van der Waals surface area contributed by atoms with Crippen LogP contribution in [0.25, 0.3) is 0 Å². The maximum atomic E-state index is 13.5. The highest BCUT2D eigenvalue weighted by molar-refractivity contribution is 9.10. The van der Waals surface area contributed by atoms with E-state index in [-0.39, 0.29) is 18.0 Å². The van der Waals surface area contributed by atoms with Crippen LogP contribution in [0.2, 0.25) is 0 Å². The summed E-state index contributed by atoms with van der Waals surface area (Å²) in [6, 6.07) is 3.47. The van der Waals surface area contributed by atoms with Gasteiger partial charge in [0, 0.05) is 11.6 Å². The van der Waals surface area contributed by atoms with E-state index in [4.69, 9.17) is 4.74 Å². The largest absolute Gasteiger partial charge is 0.488 e. The zero-order valence-electron chi connectivity index (χ0n) is 10.1. The van der Waals surface area contributed by atoms with E-state index >= 15 is 0 Å². The third-order valence-electron chi connectivity index (χ3n) is 3.04. The summed E-state index contributed by atoms with van der Waals surface area (Å²) in [5.74, 6) is 0.409. The zero-order chi connectivity index (χ0) is 12.4. The summed E-state index contributed by atoms with van der Waals surface area (Å²) in [7, 11) is 0. The molecule has 2 unspecified atom stereocenters. The maximum Gasteiger partial charge on any atom is 0.141 e. The lowest BCUT2D eigenvalue weighted by Crippen LogP contribution is -2.30. The van der Waals surface area contributed by atoms with Crippen LogP contribution in [0, 0.1) is 5.82 Å². The predicted molar refractivity (Wildman–Crippen MR) is 69.8 cm³/mol. The molecule has 0 fully saturated rings. The molecule has 2 atom stereocenters. The van der Waals surface area contributed by atoms with Crippen molar-refractivity contribution in [2.24, 2.45) is 0 Å². The standard InChI is InChI=1S/C13H17BrFNO/c1-3-5-11-13(16-4-2)8-6-9(14)10(15)7-12(8)17-11/h6-7,11,13,16H,3-5H2,1-2H3. The van der Waals surface area contributed by atoms with Crippen molar-refractivity contribution in [3.05, 3.63) is 28.0 Å². The molecular formula is C13H17BrFNO. The fourth-order valence-corrected chi connectivity index (χ4v) is 2.65. The van der Waals surface area contributed by atoms with Gasteiger partial charge in [0.1, 0.15) is 17.7 Å². The lowest BCUT2D eigenvalue weighted by atomic mass is 10.0. The molecule has 1 aromatic carbocycles. The molecule has 0 amide bonds. The summed E-state index contributed by atoms with van der Waals surface area (Å²) >= 11 is 3.23. The molecule has 4 heteroatoms. The Hall–Kier alpha value is -0.610. The first-order chi connectivity index (χ1) is 8.17. The van der Waals surface area contributed by atoms with Gasteiger partial charge in [-0.3, -0.25) is 0 Å². The summed E-state index contributed by atoms with van der Waals surface area (Å²) < 4.78 is 19.8. The van der Waals surface area contributed by atoms with Crippen LogP contribution >= 0.6 is 15.9 Å². The Kier molecular flexibility index (Phi) is 4.05. The molecule has 0 bridgehead atoms. The van der Waals surface area contributed by atoms with Gasteiger partial charge < -0.3 is 10.1 Å². The Morgan fingerprint density at radius 1 is 1.41 bits per heavy atom. The van der Waals surface area contributed by atoms with E-state index in [0.29, 0.717) is 10.2 Å². The van der Waals surface area contributed by atoms with Crippen molar-refractivity contribution < 1.29 is 9.13 Å². The van der Waals surface area contributed by atoms with Crippen LogP contribution in [-0.4, -0.2) is 12.6 Å². The number of rotatable bonds is 4. The Balaban J connectivity index is 2.32. The average molecular weight is 302 g/mol. The number of fused-ring (bicyclic) bond motifs is 1. The first-order valence-corrected chi connectivity index (χ1v) is 6.85. The average Bonchev–Trinajstić information content (AvgIpc) is 2.59. The quantitative estimate of drug-likeness (QED) is 0.913. The fourth-order valence-electron chi connectivity index (χ4n) is 2.29. The predicted octanol–water partition coefficient (Wildman–Crippen LogP) is 3.80. The zero-order valence-corrected chi connectivity index (χ0v) is 11.7. The van der Waals surface area contributed by atoms with Gasteiger partial charge in [0.2, 0.25) is 0 Å². The Bertz CT molecular complexity index is 411. The first kappa shape index (κ1) is 12.8. The monoisotopic (exact) mass is 301 g/mol. The Labute approximate surface area is 110 Å². The molecule has 0 saturated heterocycles. The number of ether oxygens (including phenoxy) is 1. The second kappa shape index (κ2) is 5.36. The van der Waals surface area contributed by atoms with Gasteiger partial charge in [-0.25, -0.2) is 4.39 Å². The van der Waals surface area contributed by atoms with Gasteiger partial charge in [0.15, 0.2) is 0 Å². The van der Waals surface area contributed by atoms with E-state index < -0.39 is 0 Å². The van der Waals surface area contributed by atoms with E-state index in [0.717, 1.165) is 24.9 Å². The minimum atomic E-state index is -0.267. The minimum absolute atomic E-state index is 0.114. The molecule has 2 rings (SSSR count). The highest BCUT2D eigenvalue weighted by Gasteiger charge is 2.33. The molecule has 1 aliphatic heterocycles. The van der Waals surface area contributed by atoms with Gasteiger partial charge >= 0.3 is 0 Å². The SMILES string of the molecule is CCCC1Oc2cc(F)c(Br)cc2C1NCC. The summed E-state index contributed by atoms with van der Waals surface area (Å²) in [5.41, 5.74) is 1.05. The van der Waals surface area contributed by atoms with Crippen molar-refractivity contribution in [1.29, 1.82) is 0 Å². The summed E-state index contributed by atoms with van der Waals surface area (Å²) in [4.78, 5) is 0. The lowest BCUT2D eigenvalue weighted by molar-refractivity contribution is 0.178. The van der Waals surface area contributed by atoms with Crippen LogP contribution in [-0.2, 0) is 0 Å². The summed E-state index contributed by atoms with van der Waals surface area (Å²) in [6.45, 7) is 5.08. The molecule has 0 aromatic heterocycles. The highest BCUT2D eigenvalue weighted by atomic mass is 79.9. The second-order valence-electron chi connectivity index (χ2n) is 4.28. The van der Waals surface area contributed by atoms with Gasteiger partial charge in [0.25, 0.3) is 0 Å². The van der Waals surface area contributed by atoms with Crippen LogP contribution in [0.4, 0.5) is 4.39 Å². The molecule has 17 heavy (non-hydrogen) atoms. The van der Waals surface area contributed by atoms with Crippen molar-refractivity contribution in [2.75, 3.05) is 6.54 Å². The summed E-state index contributed by atoms with van der Waals surface area (Å²) in [6.07, 6.45) is 2.15. The molecule has 94 valence electrons.